The van der Waals surface area contributed by atoms with Crippen LogP contribution >= 0.6 is 0 Å². The fourth-order valence-electron chi connectivity index (χ4n) is 3.68. The summed E-state index contributed by atoms with van der Waals surface area (Å²) in [6, 6.07) is 10.9. The minimum Gasteiger partial charge on any atom is -0.344 e. The Kier molecular flexibility index (Phi) is 5.68. The third-order valence-electron chi connectivity index (χ3n) is 5.17. The number of imide groups is 1. The summed E-state index contributed by atoms with van der Waals surface area (Å²) in [5, 5.41) is 2.69. The molecule has 1 aromatic heterocycles. The van der Waals surface area contributed by atoms with Gasteiger partial charge in [-0.25, -0.2) is 4.79 Å². The molecule has 1 atom stereocenters. The number of aryl methyl sites for hydroxylation is 1. The average Bonchev–Trinajstić information content (AvgIpc) is 3.07. The van der Waals surface area contributed by atoms with Gasteiger partial charge in [-0.05, 0) is 37.8 Å². The molecule has 1 fully saturated rings. The molecular formula is C22H27N3O3. The fraction of sp³-hybridized carbons (Fsp3) is 0.409. The number of Topliss-reactive ketones (excluding diaryl/α,β-unsaturated/α-hetero) is 1. The van der Waals surface area contributed by atoms with Crippen molar-refractivity contribution in [1.82, 2.24) is 14.8 Å². The van der Waals surface area contributed by atoms with Gasteiger partial charge >= 0.3 is 6.03 Å². The van der Waals surface area contributed by atoms with Crippen molar-refractivity contribution in [2.45, 2.75) is 46.7 Å². The minimum absolute atomic E-state index is 0.221. The molecule has 1 aromatic carbocycles. The molecule has 2 aromatic rings. The molecule has 6 heteroatoms. The van der Waals surface area contributed by atoms with E-state index in [1.807, 2.05) is 64.1 Å². The Labute approximate surface area is 165 Å². The Hall–Kier alpha value is -2.89. The van der Waals surface area contributed by atoms with Crippen molar-refractivity contribution in [1.29, 1.82) is 0 Å². The molecule has 0 saturated carbocycles. The predicted molar refractivity (Wildman–Crippen MR) is 107 cm³/mol. The number of ketones is 1. The Morgan fingerprint density at radius 1 is 1.14 bits per heavy atom. The third-order valence-corrected chi connectivity index (χ3v) is 5.17. The highest BCUT2D eigenvalue weighted by molar-refractivity contribution is 6.09. The van der Waals surface area contributed by atoms with E-state index in [1.54, 1.807) is 0 Å². The monoisotopic (exact) mass is 381 g/mol. The molecule has 3 amide bonds. The molecule has 0 spiro atoms. The Balaban J connectivity index is 1.76. The van der Waals surface area contributed by atoms with Gasteiger partial charge in [-0.15, -0.1) is 0 Å². The first-order valence-corrected chi connectivity index (χ1v) is 9.63. The van der Waals surface area contributed by atoms with Crippen molar-refractivity contribution >= 4 is 17.7 Å². The molecule has 1 N–H and O–H groups in total. The summed E-state index contributed by atoms with van der Waals surface area (Å²) in [6.07, 6.45) is 0.570. The number of carbonyl (C=O) groups is 3. The van der Waals surface area contributed by atoms with Crippen molar-refractivity contribution in [3.8, 4) is 0 Å². The number of amides is 3. The zero-order chi connectivity index (χ0) is 20.4. The van der Waals surface area contributed by atoms with E-state index in [1.165, 1.54) is 0 Å². The standard InChI is InChI=1S/C22H27N3O3/c1-14(2)10-19-21(27)25(22(28)23-19)13-20(26)18-11-15(3)24(16(18)4)12-17-8-6-5-7-9-17/h5-9,11,14,19H,10,12-13H2,1-4H3,(H,23,28). The second-order valence-corrected chi connectivity index (χ2v) is 7.84. The van der Waals surface area contributed by atoms with Crippen molar-refractivity contribution in [3.63, 3.8) is 0 Å². The SMILES string of the molecule is Cc1cc(C(=O)CN2C(=O)NC(CC(C)C)C2=O)c(C)n1Cc1ccccc1. The van der Waals surface area contributed by atoms with Crippen LogP contribution in [0.1, 0.15) is 47.6 Å². The van der Waals surface area contributed by atoms with E-state index in [0.717, 1.165) is 21.9 Å². The van der Waals surface area contributed by atoms with Gasteiger partial charge in [0.15, 0.2) is 5.78 Å². The van der Waals surface area contributed by atoms with Crippen molar-refractivity contribution in [2.24, 2.45) is 5.92 Å². The lowest BCUT2D eigenvalue weighted by molar-refractivity contribution is -0.127. The van der Waals surface area contributed by atoms with Crippen LogP contribution in [-0.4, -0.2) is 39.8 Å². The van der Waals surface area contributed by atoms with Gasteiger partial charge in [-0.3, -0.25) is 14.5 Å². The number of rotatable bonds is 7. The lowest BCUT2D eigenvalue weighted by Gasteiger charge is -2.13. The maximum Gasteiger partial charge on any atom is 0.325 e. The van der Waals surface area contributed by atoms with E-state index >= 15 is 0 Å². The summed E-state index contributed by atoms with van der Waals surface area (Å²) < 4.78 is 2.08. The molecule has 1 saturated heterocycles. The summed E-state index contributed by atoms with van der Waals surface area (Å²) in [7, 11) is 0. The Morgan fingerprint density at radius 2 is 1.82 bits per heavy atom. The first-order chi connectivity index (χ1) is 13.3. The number of hydrogen-bond acceptors (Lipinski definition) is 3. The summed E-state index contributed by atoms with van der Waals surface area (Å²) in [6.45, 7) is 8.29. The summed E-state index contributed by atoms with van der Waals surface area (Å²) >= 11 is 0. The van der Waals surface area contributed by atoms with E-state index in [2.05, 4.69) is 9.88 Å². The quantitative estimate of drug-likeness (QED) is 0.591. The van der Waals surface area contributed by atoms with Gasteiger partial charge in [0, 0.05) is 23.5 Å². The maximum atomic E-state index is 12.9. The van der Waals surface area contributed by atoms with Crippen molar-refractivity contribution < 1.29 is 14.4 Å². The molecule has 0 bridgehead atoms. The van der Waals surface area contributed by atoms with Crippen LogP contribution in [0.25, 0.3) is 0 Å². The topological polar surface area (TPSA) is 71.4 Å². The van der Waals surface area contributed by atoms with E-state index < -0.39 is 12.1 Å². The molecule has 1 unspecified atom stereocenters. The van der Waals surface area contributed by atoms with Crippen LogP contribution in [0.15, 0.2) is 36.4 Å². The maximum absolute atomic E-state index is 12.9. The molecule has 2 heterocycles. The molecule has 0 aliphatic carbocycles. The largest absolute Gasteiger partial charge is 0.344 e. The van der Waals surface area contributed by atoms with E-state index in [0.29, 0.717) is 18.5 Å². The van der Waals surface area contributed by atoms with Crippen LogP contribution < -0.4 is 5.32 Å². The number of nitrogens with one attached hydrogen (secondary N) is 1. The highest BCUT2D eigenvalue weighted by atomic mass is 16.2. The molecule has 1 aliphatic rings. The van der Waals surface area contributed by atoms with Gasteiger partial charge in [0.2, 0.25) is 0 Å². The van der Waals surface area contributed by atoms with Crippen LogP contribution in [0.3, 0.4) is 0 Å². The summed E-state index contributed by atoms with van der Waals surface area (Å²) in [5.41, 5.74) is 3.52. The molecule has 0 radical (unpaired) electrons. The molecule has 28 heavy (non-hydrogen) atoms. The number of carbonyl (C=O) groups excluding carboxylic acids is 3. The number of hydrogen-bond donors (Lipinski definition) is 1. The number of nitrogens with zero attached hydrogens (tertiary/aromatic N) is 2. The third kappa shape index (κ3) is 4.01. The van der Waals surface area contributed by atoms with Crippen LogP contribution in [0.4, 0.5) is 4.79 Å². The molecule has 1 aliphatic heterocycles. The smallest absolute Gasteiger partial charge is 0.325 e. The van der Waals surface area contributed by atoms with E-state index in [4.69, 9.17) is 0 Å². The molecule has 148 valence electrons. The molecule has 3 rings (SSSR count). The lowest BCUT2D eigenvalue weighted by atomic mass is 10.0. The van der Waals surface area contributed by atoms with Gasteiger partial charge < -0.3 is 9.88 Å². The molecular weight excluding hydrogens is 354 g/mol. The minimum atomic E-state index is -0.536. The first kappa shape index (κ1) is 19.9. The van der Waals surface area contributed by atoms with Crippen LogP contribution in [0.2, 0.25) is 0 Å². The van der Waals surface area contributed by atoms with Crippen molar-refractivity contribution in [3.05, 3.63) is 58.9 Å². The summed E-state index contributed by atoms with van der Waals surface area (Å²) in [5.74, 6) is -0.256. The number of aromatic nitrogens is 1. The fourth-order valence-corrected chi connectivity index (χ4v) is 3.68. The Bertz CT molecular complexity index is 899. The lowest BCUT2D eigenvalue weighted by Crippen LogP contribution is -2.36. The van der Waals surface area contributed by atoms with E-state index in [9.17, 15) is 14.4 Å². The van der Waals surface area contributed by atoms with Gasteiger partial charge in [-0.2, -0.15) is 0 Å². The number of urea groups is 1. The van der Waals surface area contributed by atoms with Gasteiger partial charge in [0.25, 0.3) is 5.91 Å². The number of benzene rings is 1. The molecule has 6 nitrogen and oxygen atoms in total. The average molecular weight is 381 g/mol. The zero-order valence-electron chi connectivity index (χ0n) is 16.9. The second-order valence-electron chi connectivity index (χ2n) is 7.84. The highest BCUT2D eigenvalue weighted by Crippen LogP contribution is 2.20. The first-order valence-electron chi connectivity index (χ1n) is 9.63. The van der Waals surface area contributed by atoms with Gasteiger partial charge in [-0.1, -0.05) is 44.2 Å². The second kappa shape index (κ2) is 8.00. The van der Waals surface area contributed by atoms with E-state index in [-0.39, 0.29) is 24.2 Å². The Morgan fingerprint density at radius 3 is 2.46 bits per heavy atom. The van der Waals surface area contributed by atoms with Crippen LogP contribution in [-0.2, 0) is 11.3 Å². The van der Waals surface area contributed by atoms with Crippen LogP contribution in [0, 0.1) is 19.8 Å². The normalized spacial score (nSPS) is 16.8. The summed E-state index contributed by atoms with van der Waals surface area (Å²) in [4.78, 5) is 38.6. The predicted octanol–water partition coefficient (Wildman–Crippen LogP) is 3.30. The highest BCUT2D eigenvalue weighted by Gasteiger charge is 2.39. The van der Waals surface area contributed by atoms with Gasteiger partial charge in [0.1, 0.15) is 6.04 Å². The van der Waals surface area contributed by atoms with Gasteiger partial charge in [0.05, 0.1) is 6.54 Å². The van der Waals surface area contributed by atoms with Crippen molar-refractivity contribution in [2.75, 3.05) is 6.54 Å². The van der Waals surface area contributed by atoms with Crippen LogP contribution in [0.5, 0.6) is 0 Å². The zero-order valence-corrected chi connectivity index (χ0v) is 16.9.